The summed E-state index contributed by atoms with van der Waals surface area (Å²) in [7, 11) is 0. The summed E-state index contributed by atoms with van der Waals surface area (Å²) in [6.45, 7) is 0.110. The zero-order valence-corrected chi connectivity index (χ0v) is 11.5. The van der Waals surface area contributed by atoms with Crippen molar-refractivity contribution in [2.45, 2.75) is 24.7 Å². The maximum Gasteiger partial charge on any atom is 0.224 e. The summed E-state index contributed by atoms with van der Waals surface area (Å²) in [6, 6.07) is 8.30. The molecule has 2 unspecified atom stereocenters. The van der Waals surface area contributed by atoms with Gasteiger partial charge in [-0.2, -0.15) is 5.26 Å². The van der Waals surface area contributed by atoms with Crippen LogP contribution < -0.4 is 5.32 Å². The third kappa shape index (κ3) is 1.65. The molecule has 1 N–H and O–H groups in total. The van der Waals surface area contributed by atoms with Gasteiger partial charge < -0.3 is 5.32 Å². The molecule has 92 valence electrons. The van der Waals surface area contributed by atoms with E-state index in [1.165, 1.54) is 11.1 Å². The molecule has 1 spiro atoms. The molecule has 1 amide bonds. The van der Waals surface area contributed by atoms with E-state index in [1.54, 1.807) is 0 Å². The molecule has 0 aromatic heterocycles. The Balaban J connectivity index is 1.82. The summed E-state index contributed by atoms with van der Waals surface area (Å²) < 4.78 is 1.10. The molecular weight excluding hydrogens is 292 g/mol. The van der Waals surface area contributed by atoms with Crippen molar-refractivity contribution in [2.75, 3.05) is 6.54 Å². The number of nitriles is 1. The molecule has 3 nitrogen and oxygen atoms in total. The number of halogens is 1. The minimum Gasteiger partial charge on any atom is -0.343 e. The number of carbonyl (C=O) groups is 1. The molecule has 3 rings (SSSR count). The number of nitrogens with zero attached hydrogens (tertiary/aromatic N) is 1. The number of rotatable bonds is 2. The van der Waals surface area contributed by atoms with Crippen LogP contribution in [0.3, 0.4) is 0 Å². The quantitative estimate of drug-likeness (QED) is 0.852. The Kier molecular flexibility index (Phi) is 2.67. The van der Waals surface area contributed by atoms with E-state index < -0.39 is 0 Å². The summed E-state index contributed by atoms with van der Waals surface area (Å²) in [5.41, 5.74) is 2.76. The van der Waals surface area contributed by atoms with Crippen molar-refractivity contribution in [2.24, 2.45) is 5.92 Å². The number of hydrogen-bond acceptors (Lipinski definition) is 2. The van der Waals surface area contributed by atoms with Gasteiger partial charge in [-0.05, 0) is 42.5 Å². The standard InChI is InChI=1S/C14H13BrN2O/c15-10-1-2-11-9(7-10)3-4-14(11)8-12(14)13(18)17-6-5-16/h1-2,7,12H,3-4,6,8H2,(H,17,18). The highest BCUT2D eigenvalue weighted by molar-refractivity contribution is 9.10. The van der Waals surface area contributed by atoms with E-state index in [9.17, 15) is 4.79 Å². The first kappa shape index (κ1) is 11.7. The Morgan fingerprint density at radius 2 is 2.44 bits per heavy atom. The van der Waals surface area contributed by atoms with Gasteiger partial charge >= 0.3 is 0 Å². The second kappa shape index (κ2) is 4.10. The van der Waals surface area contributed by atoms with E-state index in [0.29, 0.717) is 0 Å². The Hall–Kier alpha value is -1.34. The molecule has 1 aromatic rings. The van der Waals surface area contributed by atoms with Crippen LogP contribution in [-0.4, -0.2) is 12.5 Å². The molecule has 1 saturated carbocycles. The number of amides is 1. The van der Waals surface area contributed by atoms with Crippen molar-refractivity contribution in [3.63, 3.8) is 0 Å². The summed E-state index contributed by atoms with van der Waals surface area (Å²) in [4.78, 5) is 11.9. The van der Waals surface area contributed by atoms with Gasteiger partial charge in [-0.3, -0.25) is 4.79 Å². The van der Waals surface area contributed by atoms with E-state index in [1.807, 2.05) is 6.07 Å². The van der Waals surface area contributed by atoms with E-state index in [-0.39, 0.29) is 23.8 Å². The van der Waals surface area contributed by atoms with Crippen LogP contribution in [0.25, 0.3) is 0 Å². The predicted octanol–water partition coefficient (Wildman–Crippen LogP) is 2.29. The minimum atomic E-state index is 0.0346. The number of benzene rings is 1. The molecule has 1 aromatic carbocycles. The van der Waals surface area contributed by atoms with E-state index >= 15 is 0 Å². The van der Waals surface area contributed by atoms with Crippen molar-refractivity contribution in [3.05, 3.63) is 33.8 Å². The van der Waals surface area contributed by atoms with Crippen LogP contribution >= 0.6 is 15.9 Å². The van der Waals surface area contributed by atoms with Gasteiger partial charge in [-0.15, -0.1) is 0 Å². The topological polar surface area (TPSA) is 52.9 Å². The number of nitrogens with one attached hydrogen (secondary N) is 1. The van der Waals surface area contributed by atoms with Gasteiger partial charge in [0.05, 0.1) is 6.07 Å². The largest absolute Gasteiger partial charge is 0.343 e. The smallest absolute Gasteiger partial charge is 0.224 e. The zero-order chi connectivity index (χ0) is 12.8. The Bertz CT molecular complexity index is 563. The summed E-state index contributed by atoms with van der Waals surface area (Å²) >= 11 is 3.49. The van der Waals surface area contributed by atoms with Crippen LogP contribution in [0.2, 0.25) is 0 Å². The molecule has 2 aliphatic carbocycles. The summed E-state index contributed by atoms with van der Waals surface area (Å²) in [6.07, 6.45) is 3.04. The monoisotopic (exact) mass is 304 g/mol. The molecule has 0 radical (unpaired) electrons. The summed E-state index contributed by atoms with van der Waals surface area (Å²) in [5.74, 6) is 0.0978. The van der Waals surface area contributed by atoms with Gasteiger partial charge in [-0.25, -0.2) is 0 Å². The molecule has 2 atom stereocenters. The Morgan fingerprint density at radius 1 is 1.61 bits per heavy atom. The normalized spacial score (nSPS) is 27.7. The molecule has 18 heavy (non-hydrogen) atoms. The van der Waals surface area contributed by atoms with E-state index in [2.05, 4.69) is 39.4 Å². The highest BCUT2D eigenvalue weighted by atomic mass is 79.9. The average molecular weight is 305 g/mol. The molecule has 4 heteroatoms. The lowest BCUT2D eigenvalue weighted by Gasteiger charge is -2.11. The average Bonchev–Trinajstić information content (AvgIpc) is 2.98. The maximum atomic E-state index is 11.9. The third-order valence-electron chi connectivity index (χ3n) is 4.18. The second-order valence-corrected chi connectivity index (χ2v) is 6.01. The lowest BCUT2D eigenvalue weighted by Crippen LogP contribution is -2.28. The van der Waals surface area contributed by atoms with Crippen molar-refractivity contribution in [1.82, 2.24) is 5.32 Å². The minimum absolute atomic E-state index is 0.0346. The molecular formula is C14H13BrN2O. The number of aryl methyl sites for hydroxylation is 1. The van der Waals surface area contributed by atoms with Crippen molar-refractivity contribution < 1.29 is 4.79 Å². The van der Waals surface area contributed by atoms with Gasteiger partial charge in [0, 0.05) is 15.8 Å². The van der Waals surface area contributed by atoms with Crippen LogP contribution in [0.15, 0.2) is 22.7 Å². The van der Waals surface area contributed by atoms with E-state index in [4.69, 9.17) is 5.26 Å². The van der Waals surface area contributed by atoms with Crippen LogP contribution in [0.5, 0.6) is 0 Å². The molecule has 0 heterocycles. The number of fused-ring (bicyclic) bond motifs is 2. The fourth-order valence-electron chi connectivity index (χ4n) is 3.22. The molecule has 1 fully saturated rings. The molecule has 0 bridgehead atoms. The van der Waals surface area contributed by atoms with Gasteiger partial charge in [0.15, 0.2) is 0 Å². The highest BCUT2D eigenvalue weighted by Crippen LogP contribution is 2.61. The van der Waals surface area contributed by atoms with Crippen molar-refractivity contribution >= 4 is 21.8 Å². The second-order valence-electron chi connectivity index (χ2n) is 5.09. The highest BCUT2D eigenvalue weighted by Gasteiger charge is 2.61. The van der Waals surface area contributed by atoms with Crippen LogP contribution in [0.1, 0.15) is 24.0 Å². The predicted molar refractivity (Wildman–Crippen MR) is 70.9 cm³/mol. The maximum absolute atomic E-state index is 11.9. The molecule has 2 aliphatic rings. The Morgan fingerprint density at radius 3 is 3.22 bits per heavy atom. The molecule has 0 aliphatic heterocycles. The fraction of sp³-hybridized carbons (Fsp3) is 0.429. The van der Waals surface area contributed by atoms with Crippen LogP contribution in [-0.2, 0) is 16.6 Å². The summed E-state index contributed by atoms with van der Waals surface area (Å²) in [5, 5.41) is 11.2. The zero-order valence-electron chi connectivity index (χ0n) is 9.87. The lowest BCUT2D eigenvalue weighted by atomic mass is 9.95. The lowest BCUT2D eigenvalue weighted by molar-refractivity contribution is -0.122. The first-order valence-corrected chi connectivity index (χ1v) is 6.90. The van der Waals surface area contributed by atoms with Gasteiger partial charge in [0.2, 0.25) is 5.91 Å². The van der Waals surface area contributed by atoms with Gasteiger partial charge in [-0.1, -0.05) is 22.0 Å². The Labute approximate surface area is 114 Å². The van der Waals surface area contributed by atoms with Crippen LogP contribution in [0, 0.1) is 17.2 Å². The molecule has 0 saturated heterocycles. The first-order valence-electron chi connectivity index (χ1n) is 6.11. The number of carbonyl (C=O) groups excluding carboxylic acids is 1. The van der Waals surface area contributed by atoms with Crippen LogP contribution in [0.4, 0.5) is 0 Å². The van der Waals surface area contributed by atoms with Gasteiger partial charge in [0.1, 0.15) is 6.54 Å². The van der Waals surface area contributed by atoms with Crippen molar-refractivity contribution in [3.8, 4) is 6.07 Å². The fourth-order valence-corrected chi connectivity index (χ4v) is 3.63. The van der Waals surface area contributed by atoms with E-state index in [0.717, 1.165) is 23.7 Å². The number of hydrogen-bond donors (Lipinski definition) is 1. The van der Waals surface area contributed by atoms with Crippen molar-refractivity contribution in [1.29, 1.82) is 5.26 Å². The first-order chi connectivity index (χ1) is 8.67. The van der Waals surface area contributed by atoms with Gasteiger partial charge in [0.25, 0.3) is 0 Å². The SMILES string of the molecule is N#CCNC(=O)C1CC12CCc1cc(Br)ccc12. The third-order valence-corrected chi connectivity index (χ3v) is 4.67.